The second-order valence-corrected chi connectivity index (χ2v) is 21.3. The normalized spacial score (nSPS) is 21.3. The van der Waals surface area contributed by atoms with Gasteiger partial charge in [-0.15, -0.1) is 0 Å². The molecule has 0 N–H and O–H groups in total. The molecule has 1 spiro atoms. The minimum atomic E-state index is -0.313. The zero-order valence-electron chi connectivity index (χ0n) is 39.8. The first-order valence-electron chi connectivity index (χ1n) is 24.4. The highest BCUT2D eigenvalue weighted by Gasteiger charge is 2.62. The molecule has 7 aromatic rings. The Kier molecular flexibility index (Phi) is 10.8. The summed E-state index contributed by atoms with van der Waals surface area (Å²) < 4.78 is 0. The third kappa shape index (κ3) is 7.28. The molecule has 0 saturated carbocycles. The number of benzene rings is 7. The molecule has 2 aliphatic heterocycles. The van der Waals surface area contributed by atoms with Crippen molar-refractivity contribution in [1.82, 2.24) is 0 Å². The van der Waals surface area contributed by atoms with Crippen LogP contribution in [0.25, 0.3) is 0 Å². The molecule has 7 aromatic carbocycles. The molecule has 4 heteroatoms. The molecule has 2 heterocycles. The summed E-state index contributed by atoms with van der Waals surface area (Å²) in [6.45, 7) is 14.0. The second-order valence-electron chi connectivity index (χ2n) is 21.3. The van der Waals surface area contributed by atoms with E-state index in [0.29, 0.717) is 0 Å². The highest BCUT2D eigenvalue weighted by atomic mass is 15.1. The summed E-state index contributed by atoms with van der Waals surface area (Å²) in [6.07, 6.45) is 19.5. The van der Waals surface area contributed by atoms with Gasteiger partial charge in [-0.05, 0) is 117 Å². The maximum absolute atomic E-state index is 2.61. The summed E-state index contributed by atoms with van der Waals surface area (Å²) in [6, 6.07) is 69.0. The van der Waals surface area contributed by atoms with Crippen molar-refractivity contribution in [3.63, 3.8) is 0 Å². The standard InChI is InChI=1S/C63H60B2N2/c1-61(2,3)45-33-39-48(40-34-45)66(49-41-35-46(36-42-49)62(4,5)6)50-43-37-47(38-44-50)64-57-29-17-13-25-53(57)63(54-26-14-18-30-58(54)64)55-27-15-19-31-59(55)65(60-32-20-16-28-56(60)63)67(51-21-9-7-10-22-51)52-23-11-8-12-24-52/h7-44,53,55,57,59H,1-6H3. The van der Waals surface area contributed by atoms with E-state index < -0.39 is 0 Å². The minimum Gasteiger partial charge on any atom is -0.381 e. The molecular weight excluding hydrogens is 806 g/mol. The lowest BCUT2D eigenvalue weighted by molar-refractivity contribution is 0.280. The molecule has 0 saturated heterocycles. The van der Waals surface area contributed by atoms with E-state index in [-0.39, 0.29) is 53.3 Å². The first-order valence-corrected chi connectivity index (χ1v) is 24.4. The van der Waals surface area contributed by atoms with E-state index in [2.05, 4.69) is 282 Å². The molecule has 0 fully saturated rings. The molecular formula is C63H60B2N2. The Morgan fingerprint density at radius 1 is 0.388 bits per heavy atom. The van der Waals surface area contributed by atoms with Crippen molar-refractivity contribution >= 4 is 58.4 Å². The van der Waals surface area contributed by atoms with Gasteiger partial charge >= 0.3 is 6.85 Å². The Morgan fingerprint density at radius 2 is 0.791 bits per heavy atom. The van der Waals surface area contributed by atoms with E-state index in [1.54, 1.807) is 0 Å². The van der Waals surface area contributed by atoms with Gasteiger partial charge in [-0.3, -0.25) is 0 Å². The van der Waals surface area contributed by atoms with E-state index in [9.17, 15) is 0 Å². The van der Waals surface area contributed by atoms with Crippen molar-refractivity contribution < 1.29 is 0 Å². The number of hydrogen-bond acceptors (Lipinski definition) is 2. The van der Waals surface area contributed by atoms with Crippen molar-refractivity contribution in [3.8, 4) is 0 Å². The third-order valence-electron chi connectivity index (χ3n) is 15.5. The van der Waals surface area contributed by atoms with Gasteiger partial charge in [0.05, 0.1) is 0 Å². The zero-order chi connectivity index (χ0) is 45.9. The highest BCUT2D eigenvalue weighted by molar-refractivity contribution is 6.87. The fraction of sp³-hybridized carbons (Fsp3) is 0.206. The summed E-state index contributed by atoms with van der Waals surface area (Å²) in [5.41, 5.74) is 15.5. The van der Waals surface area contributed by atoms with Crippen LogP contribution in [-0.2, 0) is 16.2 Å². The van der Waals surface area contributed by atoms with Gasteiger partial charge < -0.3 is 9.71 Å². The lowest BCUT2D eigenvalue weighted by atomic mass is 9.22. The van der Waals surface area contributed by atoms with Crippen molar-refractivity contribution in [2.24, 2.45) is 11.8 Å². The van der Waals surface area contributed by atoms with Crippen molar-refractivity contribution in [2.45, 2.75) is 69.4 Å². The molecule has 0 aromatic heterocycles. The lowest BCUT2D eigenvalue weighted by Gasteiger charge is -2.60. The number of para-hydroxylation sites is 2. The molecule has 0 radical (unpaired) electrons. The van der Waals surface area contributed by atoms with Crippen LogP contribution >= 0.6 is 0 Å². The number of allylic oxidation sites excluding steroid dienone is 8. The van der Waals surface area contributed by atoms with Crippen LogP contribution in [0.5, 0.6) is 0 Å². The van der Waals surface area contributed by atoms with E-state index in [4.69, 9.17) is 0 Å². The average Bonchev–Trinajstić information content (AvgIpc) is 3.36. The highest BCUT2D eigenvalue weighted by Crippen LogP contribution is 2.61. The smallest absolute Gasteiger partial charge is 0.301 e. The van der Waals surface area contributed by atoms with E-state index in [1.165, 1.54) is 50.0 Å². The van der Waals surface area contributed by atoms with Crippen molar-refractivity contribution in [1.29, 1.82) is 0 Å². The van der Waals surface area contributed by atoms with Gasteiger partial charge in [-0.25, -0.2) is 0 Å². The second kappa shape index (κ2) is 16.8. The molecule has 2 nitrogen and oxygen atoms in total. The Balaban J connectivity index is 1.06. The van der Waals surface area contributed by atoms with Crippen LogP contribution in [0.2, 0.25) is 11.6 Å². The van der Waals surface area contributed by atoms with Gasteiger partial charge in [0.2, 0.25) is 6.71 Å². The molecule has 5 unspecified atom stereocenters. The van der Waals surface area contributed by atoms with Gasteiger partial charge in [0.25, 0.3) is 0 Å². The van der Waals surface area contributed by atoms with Gasteiger partial charge in [0, 0.05) is 33.9 Å². The monoisotopic (exact) mass is 866 g/mol. The molecule has 2 aliphatic carbocycles. The minimum absolute atomic E-state index is 0.0752. The molecule has 4 aliphatic rings. The first kappa shape index (κ1) is 42.8. The van der Waals surface area contributed by atoms with Crippen molar-refractivity contribution in [3.05, 3.63) is 253 Å². The molecule has 328 valence electrons. The Bertz CT molecular complexity index is 2910. The van der Waals surface area contributed by atoms with E-state index >= 15 is 0 Å². The van der Waals surface area contributed by atoms with Gasteiger partial charge in [-0.2, -0.15) is 0 Å². The lowest BCUT2D eigenvalue weighted by Crippen LogP contribution is -2.68. The molecule has 0 bridgehead atoms. The Morgan fingerprint density at radius 3 is 1.30 bits per heavy atom. The molecule has 11 rings (SSSR count). The number of fused-ring (bicyclic) bond motifs is 8. The fourth-order valence-corrected chi connectivity index (χ4v) is 12.4. The summed E-state index contributed by atoms with van der Waals surface area (Å²) in [4.78, 5) is 5.03. The van der Waals surface area contributed by atoms with E-state index in [0.717, 1.165) is 17.1 Å². The third-order valence-corrected chi connectivity index (χ3v) is 15.5. The van der Waals surface area contributed by atoms with Crippen LogP contribution in [0.3, 0.4) is 0 Å². The summed E-state index contributed by atoms with van der Waals surface area (Å²) in [5.74, 6) is 0.845. The SMILES string of the molecule is CC(C)(C)c1ccc(N(c2ccc(B3c4ccccc4C4(c5ccccc5B(N(c5ccccc5)c5ccccc5)C5C=CC=CC54)C4C=CC=CC34)cc2)c2ccc(C(C)(C)C)cc2)cc1. The Hall–Kier alpha value is -6.77. The van der Waals surface area contributed by atoms with Crippen molar-refractivity contribution in [2.75, 3.05) is 9.71 Å². The van der Waals surface area contributed by atoms with Crippen LogP contribution in [-0.4, -0.2) is 13.6 Å². The van der Waals surface area contributed by atoms with Gasteiger partial charge in [0.1, 0.15) is 0 Å². The molecule has 0 amide bonds. The summed E-state index contributed by atoms with van der Waals surface area (Å²) >= 11 is 0. The zero-order valence-corrected chi connectivity index (χ0v) is 39.8. The Labute approximate surface area is 400 Å². The number of nitrogens with zero attached hydrogens (tertiary/aromatic N) is 2. The summed E-state index contributed by atoms with van der Waals surface area (Å²) in [7, 11) is 0. The number of hydrogen-bond donors (Lipinski definition) is 0. The maximum atomic E-state index is 2.61. The molecule has 5 atom stereocenters. The van der Waals surface area contributed by atoms with Crippen LogP contribution in [0.15, 0.2) is 231 Å². The largest absolute Gasteiger partial charge is 0.381 e. The van der Waals surface area contributed by atoms with E-state index in [1.807, 2.05) is 0 Å². The quantitative estimate of drug-likeness (QED) is 0.147. The van der Waals surface area contributed by atoms with Crippen LogP contribution < -0.4 is 26.1 Å². The fourth-order valence-electron chi connectivity index (χ4n) is 12.4. The first-order chi connectivity index (χ1) is 32.5. The van der Waals surface area contributed by atoms with Gasteiger partial charge in [-0.1, -0.05) is 228 Å². The topological polar surface area (TPSA) is 6.48 Å². The molecule has 67 heavy (non-hydrogen) atoms. The number of anilines is 5. The predicted octanol–water partition coefficient (Wildman–Crippen LogP) is 13.9. The predicted molar refractivity (Wildman–Crippen MR) is 289 cm³/mol. The number of rotatable bonds is 7. The van der Waals surface area contributed by atoms with Crippen LogP contribution in [0.4, 0.5) is 28.4 Å². The van der Waals surface area contributed by atoms with Crippen LogP contribution in [0, 0.1) is 11.8 Å². The average molecular weight is 867 g/mol. The van der Waals surface area contributed by atoms with Crippen LogP contribution in [0.1, 0.15) is 63.8 Å². The summed E-state index contributed by atoms with van der Waals surface area (Å²) in [5, 5.41) is 0. The maximum Gasteiger partial charge on any atom is 0.301 e. The van der Waals surface area contributed by atoms with Gasteiger partial charge in [0.15, 0.2) is 0 Å².